The Hall–Kier alpha value is -3.52. The molecule has 1 aromatic heterocycles. The maximum absolute atomic E-state index is 12.7. The molecule has 0 radical (unpaired) electrons. The van der Waals surface area contributed by atoms with Crippen LogP contribution in [0.1, 0.15) is 66.9 Å². The van der Waals surface area contributed by atoms with Gasteiger partial charge in [-0.2, -0.15) is 0 Å². The molecule has 1 heterocycles. The van der Waals surface area contributed by atoms with Gasteiger partial charge >= 0.3 is 0 Å². The van der Waals surface area contributed by atoms with Gasteiger partial charge in [0.15, 0.2) is 11.6 Å². The number of halogens is 1. The number of pyridine rings is 1. The number of aliphatic hydroxyl groups is 1. The molecule has 2 amide bonds. The maximum Gasteiger partial charge on any atom is 0.222 e. The SMILES string of the molecule is CC.CC(=O)NCc1cccc(F)c1O.CC(=O)Nc1cc2ccccc2cn1.CCC(C)CC(C)O. The van der Waals surface area contributed by atoms with E-state index < -0.39 is 11.6 Å². The van der Waals surface area contributed by atoms with Crippen molar-refractivity contribution in [1.29, 1.82) is 0 Å². The predicted octanol–water partition coefficient (Wildman–Crippen LogP) is 6.19. The molecule has 2 aromatic carbocycles. The van der Waals surface area contributed by atoms with Crippen LogP contribution in [0.3, 0.4) is 0 Å². The summed E-state index contributed by atoms with van der Waals surface area (Å²) in [5, 5.41) is 25.3. The summed E-state index contributed by atoms with van der Waals surface area (Å²) in [6.45, 7) is 13.1. The van der Waals surface area contributed by atoms with Gasteiger partial charge in [0.05, 0.1) is 6.10 Å². The number of amides is 2. The zero-order valence-corrected chi connectivity index (χ0v) is 23.0. The Morgan fingerprint density at radius 3 is 2.14 bits per heavy atom. The molecule has 0 aliphatic carbocycles. The third-order valence-corrected chi connectivity index (χ3v) is 4.97. The Labute approximate surface area is 220 Å². The Kier molecular flexibility index (Phi) is 16.9. The molecule has 4 N–H and O–H groups in total. The lowest BCUT2D eigenvalue weighted by Crippen LogP contribution is -2.18. The zero-order chi connectivity index (χ0) is 28.4. The second-order valence-electron chi connectivity index (χ2n) is 8.35. The van der Waals surface area contributed by atoms with Crippen molar-refractivity contribution in [2.45, 2.75) is 74.0 Å². The van der Waals surface area contributed by atoms with Crippen molar-refractivity contribution in [2.24, 2.45) is 5.92 Å². The number of nitrogens with one attached hydrogen (secondary N) is 2. The van der Waals surface area contributed by atoms with Gasteiger partial charge in [0.2, 0.25) is 11.8 Å². The molecule has 0 fully saturated rings. The van der Waals surface area contributed by atoms with Crippen LogP contribution in [0, 0.1) is 11.7 Å². The number of aromatic hydroxyl groups is 1. The molecule has 3 aromatic rings. The number of benzene rings is 2. The lowest BCUT2D eigenvalue weighted by atomic mass is 10.0. The summed E-state index contributed by atoms with van der Waals surface area (Å²) in [6.07, 6.45) is 3.74. The number of nitrogens with zero attached hydrogens (tertiary/aromatic N) is 1. The summed E-state index contributed by atoms with van der Waals surface area (Å²) >= 11 is 0. The Bertz CT molecular complexity index is 1090. The minimum Gasteiger partial charge on any atom is -0.505 e. The Morgan fingerprint density at radius 1 is 1.00 bits per heavy atom. The molecule has 0 spiro atoms. The first kappa shape index (κ1) is 33.5. The number of carbonyl (C=O) groups is 2. The molecule has 2 unspecified atom stereocenters. The highest BCUT2D eigenvalue weighted by atomic mass is 19.1. The van der Waals surface area contributed by atoms with Crippen LogP contribution in [0.15, 0.2) is 54.7 Å². The first-order valence-corrected chi connectivity index (χ1v) is 12.5. The van der Waals surface area contributed by atoms with Crippen LogP contribution < -0.4 is 10.6 Å². The summed E-state index contributed by atoms with van der Waals surface area (Å²) in [5.41, 5.74) is 0.371. The fourth-order valence-electron chi connectivity index (χ4n) is 3.00. The van der Waals surface area contributed by atoms with E-state index in [4.69, 9.17) is 5.11 Å². The van der Waals surface area contributed by atoms with E-state index in [-0.39, 0.29) is 24.5 Å². The number of hydrogen-bond acceptors (Lipinski definition) is 5. The molecule has 0 aliphatic rings. The molecule has 3 rings (SSSR count). The lowest BCUT2D eigenvalue weighted by molar-refractivity contribution is -0.119. The minimum absolute atomic E-state index is 0.104. The molecule has 37 heavy (non-hydrogen) atoms. The molecular weight excluding hydrogens is 473 g/mol. The second-order valence-corrected chi connectivity index (χ2v) is 8.35. The normalized spacial score (nSPS) is 11.3. The first-order valence-electron chi connectivity index (χ1n) is 12.5. The van der Waals surface area contributed by atoms with Crippen molar-refractivity contribution in [1.82, 2.24) is 10.3 Å². The lowest BCUT2D eigenvalue weighted by Gasteiger charge is -2.08. The van der Waals surface area contributed by atoms with Gasteiger partial charge in [0, 0.05) is 37.5 Å². The molecule has 0 saturated heterocycles. The topological polar surface area (TPSA) is 112 Å². The van der Waals surface area contributed by atoms with Gasteiger partial charge in [-0.3, -0.25) is 9.59 Å². The average molecular weight is 516 g/mol. The fraction of sp³-hybridized carbons (Fsp3) is 0.414. The van der Waals surface area contributed by atoms with E-state index in [1.54, 1.807) is 12.3 Å². The summed E-state index contributed by atoms with van der Waals surface area (Å²) in [4.78, 5) is 25.4. The number of rotatable bonds is 6. The molecule has 0 aliphatic heterocycles. The number of hydrogen-bond donors (Lipinski definition) is 4. The summed E-state index contributed by atoms with van der Waals surface area (Å²) in [7, 11) is 0. The van der Waals surface area contributed by atoms with E-state index in [1.165, 1.54) is 26.3 Å². The van der Waals surface area contributed by atoms with Crippen molar-refractivity contribution in [2.75, 3.05) is 5.32 Å². The molecule has 0 bridgehead atoms. The molecular formula is C29H42FN3O4. The van der Waals surface area contributed by atoms with Crippen LogP contribution in [0.5, 0.6) is 5.75 Å². The van der Waals surface area contributed by atoms with Gasteiger partial charge in [-0.1, -0.05) is 70.5 Å². The third kappa shape index (κ3) is 14.6. The van der Waals surface area contributed by atoms with Crippen molar-refractivity contribution in [3.63, 3.8) is 0 Å². The number of phenols is 1. The van der Waals surface area contributed by atoms with Gasteiger partial charge in [-0.15, -0.1) is 0 Å². The Balaban J connectivity index is 0.000000527. The summed E-state index contributed by atoms with van der Waals surface area (Å²) in [5.74, 6) is -0.137. The van der Waals surface area contributed by atoms with Crippen LogP contribution in [-0.4, -0.2) is 33.1 Å². The number of para-hydroxylation sites is 1. The van der Waals surface area contributed by atoms with Gasteiger partial charge in [-0.25, -0.2) is 9.37 Å². The van der Waals surface area contributed by atoms with Crippen LogP contribution in [0.4, 0.5) is 10.2 Å². The summed E-state index contributed by atoms with van der Waals surface area (Å²) < 4.78 is 12.7. The highest BCUT2D eigenvalue weighted by molar-refractivity contribution is 5.91. The number of fused-ring (bicyclic) bond motifs is 1. The minimum atomic E-state index is -0.678. The van der Waals surface area contributed by atoms with Gasteiger partial charge in [0.25, 0.3) is 0 Å². The van der Waals surface area contributed by atoms with Crippen molar-refractivity contribution >= 4 is 28.4 Å². The molecule has 0 saturated carbocycles. The highest BCUT2D eigenvalue weighted by Gasteiger charge is 2.06. The van der Waals surface area contributed by atoms with Crippen LogP contribution >= 0.6 is 0 Å². The standard InChI is InChI=1S/C11H10N2O.C9H10FNO2.C7H16O.C2H6/c1-8(14)13-11-6-9-4-2-3-5-10(9)7-12-11;1-6(12)11-5-7-3-2-4-8(10)9(7)13;1-4-6(2)5-7(3)8;1-2/h2-7H,1H3,(H,12,13,14);2-4,13H,5H2,1H3,(H,11,12);6-8H,4-5H2,1-3H3;1-2H3. The van der Waals surface area contributed by atoms with E-state index in [0.29, 0.717) is 17.3 Å². The number of anilines is 1. The van der Waals surface area contributed by atoms with E-state index >= 15 is 0 Å². The molecule has 8 heteroatoms. The van der Waals surface area contributed by atoms with Crippen molar-refractivity contribution in [3.8, 4) is 5.75 Å². The van der Waals surface area contributed by atoms with Gasteiger partial charge < -0.3 is 20.8 Å². The van der Waals surface area contributed by atoms with Crippen LogP contribution in [0.25, 0.3) is 10.8 Å². The third-order valence-electron chi connectivity index (χ3n) is 4.97. The van der Waals surface area contributed by atoms with E-state index in [0.717, 1.165) is 23.3 Å². The van der Waals surface area contributed by atoms with E-state index in [9.17, 15) is 19.1 Å². The van der Waals surface area contributed by atoms with Gasteiger partial charge in [-0.05, 0) is 36.8 Å². The predicted molar refractivity (Wildman–Crippen MR) is 149 cm³/mol. The molecule has 7 nitrogen and oxygen atoms in total. The number of carbonyl (C=O) groups excluding carboxylic acids is 2. The number of phenolic OH excluding ortho intramolecular Hbond substituents is 1. The van der Waals surface area contributed by atoms with Crippen LogP contribution in [0.2, 0.25) is 0 Å². The number of aliphatic hydroxyl groups excluding tert-OH is 1. The molecule has 204 valence electrons. The van der Waals surface area contributed by atoms with Crippen molar-refractivity contribution < 1.29 is 24.2 Å². The summed E-state index contributed by atoms with van der Waals surface area (Å²) in [6, 6.07) is 13.9. The average Bonchev–Trinajstić information content (AvgIpc) is 2.86. The first-order chi connectivity index (χ1) is 17.5. The smallest absolute Gasteiger partial charge is 0.222 e. The largest absolute Gasteiger partial charge is 0.505 e. The second kappa shape index (κ2) is 18.7. The monoisotopic (exact) mass is 515 g/mol. The van der Waals surface area contributed by atoms with Crippen molar-refractivity contribution in [3.05, 3.63) is 66.1 Å². The highest BCUT2D eigenvalue weighted by Crippen LogP contribution is 2.20. The van der Waals surface area contributed by atoms with E-state index in [1.807, 2.05) is 51.1 Å². The fourth-order valence-corrected chi connectivity index (χ4v) is 3.00. The maximum atomic E-state index is 12.7. The number of aromatic nitrogens is 1. The quantitative estimate of drug-likeness (QED) is 0.313. The molecule has 2 atom stereocenters. The van der Waals surface area contributed by atoms with Crippen LogP contribution in [-0.2, 0) is 16.1 Å². The zero-order valence-electron chi connectivity index (χ0n) is 23.0. The Morgan fingerprint density at radius 2 is 1.62 bits per heavy atom. The van der Waals surface area contributed by atoms with Gasteiger partial charge in [0.1, 0.15) is 5.82 Å². The van der Waals surface area contributed by atoms with E-state index in [2.05, 4.69) is 29.5 Å².